The molecule has 216 valence electrons. The molecule has 0 aliphatic heterocycles. The number of hydrogen-bond donors (Lipinski definition) is 0. The summed E-state index contributed by atoms with van der Waals surface area (Å²) in [7, 11) is 0. The van der Waals surface area contributed by atoms with Crippen LogP contribution in [-0.4, -0.2) is 0 Å². The highest BCUT2D eigenvalue weighted by atomic mass is 35.5. The molecule has 4 aromatic carbocycles. The maximum absolute atomic E-state index is 6.41. The van der Waals surface area contributed by atoms with Crippen molar-refractivity contribution in [2.24, 2.45) is 0 Å². The van der Waals surface area contributed by atoms with Crippen LogP contribution in [0, 0.1) is 13.8 Å². The topological polar surface area (TPSA) is 0 Å². The summed E-state index contributed by atoms with van der Waals surface area (Å²) in [6, 6.07) is 46.1. The molecule has 0 bridgehead atoms. The molecule has 0 amide bonds. The van der Waals surface area contributed by atoms with Gasteiger partial charge in [-0.3, -0.25) is 0 Å². The Hall–Kier alpha value is -3.95. The van der Waals surface area contributed by atoms with E-state index in [-0.39, 0.29) is 0 Å². The van der Waals surface area contributed by atoms with E-state index >= 15 is 0 Å². The van der Waals surface area contributed by atoms with Crippen LogP contribution in [0.2, 0.25) is 4.34 Å². The maximum Gasteiger partial charge on any atom is 0.0937 e. The molecule has 0 saturated heterocycles. The van der Waals surface area contributed by atoms with E-state index in [9.17, 15) is 0 Å². The first-order valence-corrected chi connectivity index (χ1v) is 17.2. The van der Waals surface area contributed by atoms with Crippen molar-refractivity contribution in [2.45, 2.75) is 33.1 Å². The Kier molecular flexibility index (Phi) is 8.23. The van der Waals surface area contributed by atoms with E-state index in [1.807, 2.05) is 11.3 Å². The molecule has 0 fully saturated rings. The zero-order valence-electron chi connectivity index (χ0n) is 24.9. The molecule has 6 aromatic rings. The van der Waals surface area contributed by atoms with E-state index in [2.05, 4.69) is 141 Å². The lowest BCUT2D eigenvalue weighted by Crippen LogP contribution is -1.97. The number of benzene rings is 4. The normalized spacial score (nSPS) is 13.0. The smallest absolute Gasteiger partial charge is 0.0937 e. The fourth-order valence-electron chi connectivity index (χ4n) is 6.53. The summed E-state index contributed by atoms with van der Waals surface area (Å²) in [4.78, 5) is 4.03. The molecule has 1 aliphatic carbocycles. The summed E-state index contributed by atoms with van der Waals surface area (Å²) < 4.78 is 0.880. The summed E-state index contributed by atoms with van der Waals surface area (Å²) >= 11 is 10.0. The van der Waals surface area contributed by atoms with Crippen molar-refractivity contribution < 1.29 is 0 Å². The molecule has 0 N–H and O–H groups in total. The zero-order valence-corrected chi connectivity index (χ0v) is 27.3. The van der Waals surface area contributed by atoms with Gasteiger partial charge in [0.05, 0.1) is 4.34 Å². The van der Waals surface area contributed by atoms with Crippen LogP contribution in [0.3, 0.4) is 0 Å². The maximum atomic E-state index is 6.41. The van der Waals surface area contributed by atoms with Gasteiger partial charge in [0.15, 0.2) is 0 Å². The summed E-state index contributed by atoms with van der Waals surface area (Å²) in [5, 5.41) is 0. The van der Waals surface area contributed by atoms with Gasteiger partial charge in [0.25, 0.3) is 0 Å². The van der Waals surface area contributed by atoms with E-state index in [0.29, 0.717) is 0 Å². The van der Waals surface area contributed by atoms with Crippen molar-refractivity contribution in [1.29, 1.82) is 0 Å². The Balaban J connectivity index is 1.32. The minimum Gasteiger partial charge on any atom is -0.140 e. The third-order valence-electron chi connectivity index (χ3n) is 8.57. The van der Waals surface area contributed by atoms with Gasteiger partial charge in [-0.05, 0) is 106 Å². The van der Waals surface area contributed by atoms with Crippen LogP contribution < -0.4 is 0 Å². The molecule has 1 aliphatic rings. The Labute approximate surface area is 273 Å². The molecule has 0 nitrogen and oxygen atoms in total. The van der Waals surface area contributed by atoms with E-state index in [0.717, 1.165) is 17.2 Å². The van der Waals surface area contributed by atoms with Crippen molar-refractivity contribution in [3.8, 4) is 10.4 Å². The van der Waals surface area contributed by atoms with Gasteiger partial charge in [-0.1, -0.05) is 127 Å². The number of rotatable bonds is 7. The second-order valence-electron chi connectivity index (χ2n) is 11.3. The van der Waals surface area contributed by atoms with Crippen LogP contribution in [0.5, 0.6) is 0 Å². The molecule has 0 spiro atoms. The molecule has 2 aromatic heterocycles. The van der Waals surface area contributed by atoms with E-state index in [1.165, 1.54) is 82.3 Å². The monoisotopic (exact) mass is 624 g/mol. The average molecular weight is 625 g/mol. The second kappa shape index (κ2) is 12.6. The number of aryl methyl sites for hydroxylation is 2. The van der Waals surface area contributed by atoms with Gasteiger partial charge < -0.3 is 0 Å². The first-order valence-electron chi connectivity index (χ1n) is 15.2. The predicted molar refractivity (Wildman–Crippen MR) is 194 cm³/mol. The SMILES string of the molecule is Cc1sc(Cl)cc1C1=C(c2cc(-c3ccc(C(=C(c4ccccc4)c4ccccc4)c4ccccc4)cc3)sc2C)CCC1. The minimum absolute atomic E-state index is 0.880. The van der Waals surface area contributed by atoms with Crippen molar-refractivity contribution in [2.75, 3.05) is 0 Å². The highest BCUT2D eigenvalue weighted by molar-refractivity contribution is 7.16. The van der Waals surface area contributed by atoms with Gasteiger partial charge in [0, 0.05) is 14.6 Å². The molecular formula is C41H33ClS2. The number of thiophene rings is 2. The Bertz CT molecular complexity index is 1930. The highest BCUT2D eigenvalue weighted by Gasteiger charge is 2.23. The van der Waals surface area contributed by atoms with E-state index in [4.69, 9.17) is 11.6 Å². The molecule has 44 heavy (non-hydrogen) atoms. The predicted octanol–water partition coefficient (Wildman–Crippen LogP) is 12.8. The zero-order chi connectivity index (χ0) is 30.0. The first-order chi connectivity index (χ1) is 21.6. The fourth-order valence-corrected chi connectivity index (χ4v) is 8.80. The van der Waals surface area contributed by atoms with Crippen molar-refractivity contribution in [3.63, 3.8) is 0 Å². The van der Waals surface area contributed by atoms with Gasteiger partial charge >= 0.3 is 0 Å². The number of allylic oxidation sites excluding steroid dienone is 2. The lowest BCUT2D eigenvalue weighted by Gasteiger charge is -2.18. The molecule has 7 rings (SSSR count). The standard InChI is InChI=1S/C41H33ClS2/c1-27-36(34-19-12-20-35(34)37-26-39(42)44-28(37)2)25-38(43-27)29-21-23-33(24-22-29)41(32-17-10-5-11-18-32)40(30-13-6-3-7-14-30)31-15-8-4-9-16-31/h3-11,13-18,21-26H,12,19-20H2,1-2H3. The quantitative estimate of drug-likeness (QED) is 0.155. The fraction of sp³-hybridized carbons (Fsp3) is 0.122. The van der Waals surface area contributed by atoms with Gasteiger partial charge in [-0.2, -0.15) is 0 Å². The third kappa shape index (κ3) is 5.66. The summed E-state index contributed by atoms with van der Waals surface area (Å²) in [5.41, 5.74) is 14.3. The van der Waals surface area contributed by atoms with Gasteiger partial charge in [-0.15, -0.1) is 22.7 Å². The Morgan fingerprint density at radius 2 is 0.955 bits per heavy atom. The molecule has 0 saturated carbocycles. The molecular weight excluding hydrogens is 592 g/mol. The molecule has 2 heterocycles. The Morgan fingerprint density at radius 3 is 1.41 bits per heavy atom. The van der Waals surface area contributed by atoms with Crippen LogP contribution in [0.4, 0.5) is 0 Å². The van der Waals surface area contributed by atoms with Crippen molar-refractivity contribution >= 4 is 56.6 Å². The average Bonchev–Trinajstić information content (AvgIpc) is 3.78. The molecule has 0 atom stereocenters. The largest absolute Gasteiger partial charge is 0.140 e. The second-order valence-corrected chi connectivity index (χ2v) is 14.5. The highest BCUT2D eigenvalue weighted by Crippen LogP contribution is 2.47. The lowest BCUT2D eigenvalue weighted by molar-refractivity contribution is 0.941. The van der Waals surface area contributed by atoms with Crippen LogP contribution in [-0.2, 0) is 0 Å². The first kappa shape index (κ1) is 28.8. The lowest BCUT2D eigenvalue weighted by atomic mass is 9.85. The molecule has 3 heteroatoms. The van der Waals surface area contributed by atoms with Crippen molar-refractivity contribution in [1.82, 2.24) is 0 Å². The summed E-state index contributed by atoms with van der Waals surface area (Å²) in [6.45, 7) is 4.47. The van der Waals surface area contributed by atoms with Crippen LogP contribution in [0.15, 0.2) is 127 Å². The van der Waals surface area contributed by atoms with Crippen molar-refractivity contribution in [3.05, 3.63) is 175 Å². The van der Waals surface area contributed by atoms with Gasteiger partial charge in [-0.25, -0.2) is 0 Å². The number of hydrogen-bond acceptors (Lipinski definition) is 2. The minimum atomic E-state index is 0.880. The summed E-state index contributed by atoms with van der Waals surface area (Å²) in [5.74, 6) is 0. The summed E-state index contributed by atoms with van der Waals surface area (Å²) in [6.07, 6.45) is 3.46. The van der Waals surface area contributed by atoms with Gasteiger partial charge in [0.2, 0.25) is 0 Å². The van der Waals surface area contributed by atoms with Crippen LogP contribution in [0.25, 0.3) is 32.7 Å². The number of halogens is 1. The van der Waals surface area contributed by atoms with E-state index < -0.39 is 0 Å². The van der Waals surface area contributed by atoms with Gasteiger partial charge in [0.1, 0.15) is 0 Å². The molecule has 0 unspecified atom stereocenters. The Morgan fingerprint density at radius 1 is 0.523 bits per heavy atom. The van der Waals surface area contributed by atoms with E-state index in [1.54, 1.807) is 11.3 Å². The van der Waals surface area contributed by atoms with Crippen LogP contribution >= 0.6 is 34.3 Å². The third-order valence-corrected chi connectivity index (χ3v) is 10.8. The molecule has 0 radical (unpaired) electrons. The van der Waals surface area contributed by atoms with Crippen LogP contribution in [0.1, 0.15) is 62.4 Å².